The summed E-state index contributed by atoms with van der Waals surface area (Å²) >= 11 is 6.25. The summed E-state index contributed by atoms with van der Waals surface area (Å²) in [6, 6.07) is 15.3. The Kier molecular flexibility index (Phi) is 5.48. The van der Waals surface area contributed by atoms with Crippen molar-refractivity contribution >= 4 is 24.0 Å². The number of nitrogens with two attached hydrogens (primary N) is 1. The van der Waals surface area contributed by atoms with Gasteiger partial charge < -0.3 is 10.5 Å². The normalized spacial score (nSPS) is 11.5. The number of hydrogen-bond acceptors (Lipinski definition) is 2. The highest BCUT2D eigenvalue weighted by Crippen LogP contribution is 2.33. The van der Waals surface area contributed by atoms with Crippen molar-refractivity contribution in [2.24, 2.45) is 5.73 Å². The molecule has 1 atom stereocenters. The fourth-order valence-corrected chi connectivity index (χ4v) is 2.09. The molecular weight excluding hydrogens is 269 g/mol. The molecule has 0 aromatic heterocycles. The Morgan fingerprint density at radius 1 is 1.06 bits per heavy atom. The molecule has 0 aliphatic heterocycles. The molecule has 18 heavy (non-hydrogen) atoms. The first-order valence-electron chi connectivity index (χ1n) is 5.37. The van der Waals surface area contributed by atoms with Crippen LogP contribution in [0.25, 0.3) is 0 Å². The van der Waals surface area contributed by atoms with Crippen LogP contribution in [-0.2, 0) is 0 Å². The van der Waals surface area contributed by atoms with Crippen LogP contribution in [0.3, 0.4) is 0 Å². The molecule has 2 nitrogen and oxygen atoms in total. The van der Waals surface area contributed by atoms with Crippen LogP contribution in [0, 0.1) is 0 Å². The molecular formula is C14H15Cl2NO. The summed E-state index contributed by atoms with van der Waals surface area (Å²) in [5.74, 6) is 0.649. The molecule has 96 valence electrons. The van der Waals surface area contributed by atoms with E-state index in [0.717, 1.165) is 11.1 Å². The third-order valence-corrected chi connectivity index (χ3v) is 3.11. The minimum Gasteiger partial charge on any atom is -0.495 e. The van der Waals surface area contributed by atoms with Crippen LogP contribution in [0.5, 0.6) is 5.75 Å². The van der Waals surface area contributed by atoms with Crippen molar-refractivity contribution in [2.45, 2.75) is 6.04 Å². The van der Waals surface area contributed by atoms with Gasteiger partial charge in [-0.2, -0.15) is 0 Å². The van der Waals surface area contributed by atoms with E-state index in [1.165, 1.54) is 0 Å². The summed E-state index contributed by atoms with van der Waals surface area (Å²) in [4.78, 5) is 0. The average Bonchev–Trinajstić information content (AvgIpc) is 2.39. The van der Waals surface area contributed by atoms with Crippen LogP contribution in [0.2, 0.25) is 5.02 Å². The minimum absolute atomic E-state index is 0. The number of methoxy groups -OCH3 is 1. The molecule has 0 spiro atoms. The van der Waals surface area contributed by atoms with Crippen molar-refractivity contribution in [1.82, 2.24) is 0 Å². The van der Waals surface area contributed by atoms with Gasteiger partial charge in [-0.1, -0.05) is 54.1 Å². The first-order chi connectivity index (χ1) is 8.24. The van der Waals surface area contributed by atoms with Gasteiger partial charge in [0.05, 0.1) is 18.2 Å². The van der Waals surface area contributed by atoms with Crippen LogP contribution in [0.4, 0.5) is 0 Å². The first kappa shape index (κ1) is 14.8. The number of rotatable bonds is 3. The maximum Gasteiger partial charge on any atom is 0.137 e. The lowest BCUT2D eigenvalue weighted by Gasteiger charge is -2.15. The van der Waals surface area contributed by atoms with Gasteiger partial charge in [-0.3, -0.25) is 0 Å². The molecule has 4 heteroatoms. The van der Waals surface area contributed by atoms with Crippen LogP contribution in [-0.4, -0.2) is 7.11 Å². The Morgan fingerprint density at radius 3 is 2.33 bits per heavy atom. The zero-order valence-electron chi connectivity index (χ0n) is 9.97. The predicted octanol–water partition coefficient (Wildman–Crippen LogP) is 3.82. The van der Waals surface area contributed by atoms with Gasteiger partial charge in [0.25, 0.3) is 0 Å². The molecule has 2 N–H and O–H groups in total. The van der Waals surface area contributed by atoms with Crippen LogP contribution >= 0.6 is 24.0 Å². The van der Waals surface area contributed by atoms with E-state index in [1.807, 2.05) is 48.5 Å². The highest BCUT2D eigenvalue weighted by atomic mass is 35.5. The second kappa shape index (κ2) is 6.64. The number of benzene rings is 2. The van der Waals surface area contributed by atoms with E-state index in [-0.39, 0.29) is 18.4 Å². The molecule has 0 saturated carbocycles. The second-order valence-corrected chi connectivity index (χ2v) is 4.13. The minimum atomic E-state index is -0.237. The molecule has 0 radical (unpaired) electrons. The highest BCUT2D eigenvalue weighted by molar-refractivity contribution is 6.32. The fraction of sp³-hybridized carbons (Fsp3) is 0.143. The largest absolute Gasteiger partial charge is 0.495 e. The van der Waals surface area contributed by atoms with Crippen molar-refractivity contribution in [3.63, 3.8) is 0 Å². The van der Waals surface area contributed by atoms with E-state index in [0.29, 0.717) is 10.8 Å². The third-order valence-electron chi connectivity index (χ3n) is 2.71. The molecule has 0 saturated heterocycles. The molecule has 0 heterocycles. The zero-order chi connectivity index (χ0) is 12.3. The van der Waals surface area contributed by atoms with E-state index in [1.54, 1.807) is 7.11 Å². The Morgan fingerprint density at radius 2 is 1.72 bits per heavy atom. The lowest BCUT2D eigenvalue weighted by molar-refractivity contribution is 0.414. The maximum atomic E-state index is 6.25. The van der Waals surface area contributed by atoms with Crippen LogP contribution in [0.15, 0.2) is 48.5 Å². The standard InChI is InChI=1S/C14H14ClNO.ClH/c1-17-12-9-5-8-11(13(12)15)14(16)10-6-3-2-4-7-10;/h2-9,14H,16H2,1H3;1H. The lowest BCUT2D eigenvalue weighted by atomic mass is 9.99. The topological polar surface area (TPSA) is 35.2 Å². The second-order valence-electron chi connectivity index (χ2n) is 3.75. The Labute approximate surface area is 118 Å². The lowest BCUT2D eigenvalue weighted by Crippen LogP contribution is -2.12. The predicted molar refractivity (Wildman–Crippen MR) is 77.7 cm³/mol. The number of hydrogen-bond donors (Lipinski definition) is 1. The van der Waals surface area contributed by atoms with E-state index in [9.17, 15) is 0 Å². The van der Waals surface area contributed by atoms with E-state index in [4.69, 9.17) is 22.1 Å². The Bertz CT molecular complexity index is 502. The van der Waals surface area contributed by atoms with E-state index in [2.05, 4.69) is 0 Å². The number of ether oxygens (including phenoxy) is 1. The van der Waals surface area contributed by atoms with Crippen molar-refractivity contribution in [3.05, 3.63) is 64.7 Å². The van der Waals surface area contributed by atoms with Gasteiger partial charge >= 0.3 is 0 Å². The molecule has 2 aromatic rings. The fourth-order valence-electron chi connectivity index (χ4n) is 1.77. The van der Waals surface area contributed by atoms with Crippen LogP contribution in [0.1, 0.15) is 17.2 Å². The first-order valence-corrected chi connectivity index (χ1v) is 5.74. The van der Waals surface area contributed by atoms with Crippen molar-refractivity contribution < 1.29 is 4.74 Å². The van der Waals surface area contributed by atoms with Gasteiger partial charge in [0.15, 0.2) is 0 Å². The monoisotopic (exact) mass is 283 g/mol. The summed E-state index contributed by atoms with van der Waals surface area (Å²) < 4.78 is 5.18. The van der Waals surface area contributed by atoms with Crippen molar-refractivity contribution in [1.29, 1.82) is 0 Å². The highest BCUT2D eigenvalue weighted by Gasteiger charge is 2.14. The van der Waals surface area contributed by atoms with Gasteiger partial charge in [0, 0.05) is 0 Å². The van der Waals surface area contributed by atoms with E-state index < -0.39 is 0 Å². The summed E-state index contributed by atoms with van der Waals surface area (Å²) in [6.07, 6.45) is 0. The molecule has 2 aromatic carbocycles. The molecule has 0 amide bonds. The number of halogens is 2. The summed E-state index contributed by atoms with van der Waals surface area (Å²) in [5, 5.41) is 0.575. The summed E-state index contributed by atoms with van der Waals surface area (Å²) in [7, 11) is 1.60. The molecule has 0 aliphatic rings. The van der Waals surface area contributed by atoms with Crippen LogP contribution < -0.4 is 10.5 Å². The maximum absolute atomic E-state index is 6.25. The quantitative estimate of drug-likeness (QED) is 0.930. The van der Waals surface area contributed by atoms with Crippen molar-refractivity contribution in [3.8, 4) is 5.75 Å². The smallest absolute Gasteiger partial charge is 0.137 e. The van der Waals surface area contributed by atoms with Gasteiger partial charge in [0.2, 0.25) is 0 Å². The van der Waals surface area contributed by atoms with Gasteiger partial charge in [-0.25, -0.2) is 0 Å². The summed E-state index contributed by atoms with van der Waals surface area (Å²) in [6.45, 7) is 0. The summed E-state index contributed by atoms with van der Waals surface area (Å²) in [5.41, 5.74) is 8.10. The Hall–Kier alpha value is -1.22. The van der Waals surface area contributed by atoms with E-state index >= 15 is 0 Å². The SMILES string of the molecule is COc1cccc(C(N)c2ccccc2)c1Cl.Cl. The Balaban J connectivity index is 0.00000162. The molecule has 1 unspecified atom stereocenters. The average molecular weight is 284 g/mol. The molecule has 2 rings (SSSR count). The third kappa shape index (κ3) is 2.96. The molecule has 0 aliphatic carbocycles. The van der Waals surface area contributed by atoms with Gasteiger partial charge in [0.1, 0.15) is 5.75 Å². The molecule has 0 bridgehead atoms. The zero-order valence-corrected chi connectivity index (χ0v) is 11.5. The molecule has 0 fully saturated rings. The van der Waals surface area contributed by atoms with Crippen molar-refractivity contribution in [2.75, 3.05) is 7.11 Å². The van der Waals surface area contributed by atoms with Gasteiger partial charge in [-0.05, 0) is 17.2 Å². The van der Waals surface area contributed by atoms with Gasteiger partial charge in [-0.15, -0.1) is 12.4 Å².